The van der Waals surface area contributed by atoms with Crippen LogP contribution in [0.15, 0.2) is 24.3 Å². The Morgan fingerprint density at radius 3 is 2.30 bits per heavy atom. The molecule has 6 heteroatoms. The first-order valence-electron chi connectivity index (χ1n) is 6.22. The van der Waals surface area contributed by atoms with Crippen LogP contribution in [0.5, 0.6) is 0 Å². The highest BCUT2D eigenvalue weighted by Gasteiger charge is 2.35. The second-order valence-corrected chi connectivity index (χ2v) is 5.30. The van der Waals surface area contributed by atoms with Gasteiger partial charge < -0.3 is 20.2 Å². The standard InChI is InChI=1S/C14H21N3O3/c1-14(2,12(18)19)17(5)13(20)15-10-7-6-8-11(9-10)16(3)4/h6-9H,1-5H3,(H,15,20)(H,18,19). The van der Waals surface area contributed by atoms with Crippen molar-refractivity contribution in [3.8, 4) is 0 Å². The minimum atomic E-state index is -1.27. The van der Waals surface area contributed by atoms with Crippen LogP contribution in [-0.4, -0.2) is 48.7 Å². The molecule has 2 N–H and O–H groups in total. The summed E-state index contributed by atoms with van der Waals surface area (Å²) in [5.41, 5.74) is 0.292. The van der Waals surface area contributed by atoms with Gasteiger partial charge in [-0.25, -0.2) is 9.59 Å². The molecule has 1 aromatic carbocycles. The molecular weight excluding hydrogens is 258 g/mol. The molecule has 1 rings (SSSR count). The number of nitrogens with zero attached hydrogens (tertiary/aromatic N) is 2. The number of rotatable bonds is 4. The van der Waals surface area contributed by atoms with Crippen molar-refractivity contribution in [2.24, 2.45) is 0 Å². The minimum absolute atomic E-state index is 0.465. The summed E-state index contributed by atoms with van der Waals surface area (Å²) < 4.78 is 0. The lowest BCUT2D eigenvalue weighted by molar-refractivity contribution is -0.146. The van der Waals surface area contributed by atoms with Crippen molar-refractivity contribution in [2.45, 2.75) is 19.4 Å². The maximum atomic E-state index is 12.1. The molecule has 0 saturated carbocycles. The van der Waals surface area contributed by atoms with Crippen LogP contribution >= 0.6 is 0 Å². The van der Waals surface area contributed by atoms with Gasteiger partial charge in [-0.1, -0.05) is 6.07 Å². The summed E-state index contributed by atoms with van der Waals surface area (Å²) in [6.45, 7) is 2.95. The fourth-order valence-electron chi connectivity index (χ4n) is 1.47. The van der Waals surface area contributed by atoms with E-state index in [0.29, 0.717) is 5.69 Å². The number of hydrogen-bond acceptors (Lipinski definition) is 3. The van der Waals surface area contributed by atoms with Gasteiger partial charge in [-0.3, -0.25) is 0 Å². The Morgan fingerprint density at radius 2 is 1.80 bits per heavy atom. The van der Waals surface area contributed by atoms with Crippen molar-refractivity contribution >= 4 is 23.4 Å². The normalized spacial score (nSPS) is 10.8. The summed E-state index contributed by atoms with van der Waals surface area (Å²) in [7, 11) is 5.26. The summed E-state index contributed by atoms with van der Waals surface area (Å²) >= 11 is 0. The molecule has 20 heavy (non-hydrogen) atoms. The fourth-order valence-corrected chi connectivity index (χ4v) is 1.47. The van der Waals surface area contributed by atoms with E-state index in [4.69, 9.17) is 5.11 Å². The average molecular weight is 279 g/mol. The number of anilines is 2. The first kappa shape index (κ1) is 15.8. The number of amides is 2. The third-order valence-corrected chi connectivity index (χ3v) is 3.28. The maximum Gasteiger partial charge on any atom is 0.329 e. The van der Waals surface area contributed by atoms with Crippen LogP contribution in [0.1, 0.15) is 13.8 Å². The molecule has 0 aliphatic carbocycles. The third-order valence-electron chi connectivity index (χ3n) is 3.28. The highest BCUT2D eigenvalue weighted by Crippen LogP contribution is 2.19. The number of likely N-dealkylation sites (N-methyl/N-ethyl adjacent to an activating group) is 1. The van der Waals surface area contributed by atoms with Gasteiger partial charge >= 0.3 is 12.0 Å². The van der Waals surface area contributed by atoms with E-state index in [-0.39, 0.29) is 0 Å². The van der Waals surface area contributed by atoms with E-state index in [1.807, 2.05) is 37.2 Å². The number of urea groups is 1. The zero-order chi connectivity index (χ0) is 15.5. The molecule has 0 aliphatic rings. The number of carbonyl (C=O) groups excluding carboxylic acids is 1. The predicted molar refractivity (Wildman–Crippen MR) is 79.3 cm³/mol. The lowest BCUT2D eigenvalue weighted by Crippen LogP contribution is -2.52. The summed E-state index contributed by atoms with van der Waals surface area (Å²) in [5, 5.41) is 11.8. The Morgan fingerprint density at radius 1 is 1.20 bits per heavy atom. The highest BCUT2D eigenvalue weighted by molar-refractivity contribution is 5.93. The first-order valence-corrected chi connectivity index (χ1v) is 6.22. The molecule has 0 fully saturated rings. The molecule has 0 aromatic heterocycles. The molecule has 0 heterocycles. The highest BCUT2D eigenvalue weighted by atomic mass is 16.4. The third kappa shape index (κ3) is 3.40. The van der Waals surface area contributed by atoms with Gasteiger partial charge in [0.1, 0.15) is 5.54 Å². The lowest BCUT2D eigenvalue weighted by Gasteiger charge is -2.31. The molecule has 0 atom stereocenters. The summed E-state index contributed by atoms with van der Waals surface area (Å²) in [6.07, 6.45) is 0. The molecule has 0 aliphatic heterocycles. The SMILES string of the molecule is CN(C)c1cccc(NC(=O)N(C)C(C)(C)C(=O)O)c1. The topological polar surface area (TPSA) is 72.9 Å². The van der Waals surface area contributed by atoms with Crippen molar-refractivity contribution in [1.82, 2.24) is 4.90 Å². The van der Waals surface area contributed by atoms with Crippen LogP contribution in [0.25, 0.3) is 0 Å². The van der Waals surface area contributed by atoms with Gasteiger partial charge in [0.2, 0.25) is 0 Å². The van der Waals surface area contributed by atoms with E-state index < -0.39 is 17.5 Å². The maximum absolute atomic E-state index is 12.1. The Labute approximate surface area is 119 Å². The molecule has 0 bridgehead atoms. The Hall–Kier alpha value is -2.24. The van der Waals surface area contributed by atoms with Crippen LogP contribution in [-0.2, 0) is 4.79 Å². The van der Waals surface area contributed by atoms with Gasteiger partial charge in [0, 0.05) is 32.5 Å². The molecule has 2 amide bonds. The van der Waals surface area contributed by atoms with Gasteiger partial charge in [-0.15, -0.1) is 0 Å². The number of carbonyl (C=O) groups is 2. The number of nitrogens with one attached hydrogen (secondary N) is 1. The number of hydrogen-bond donors (Lipinski definition) is 2. The molecule has 0 radical (unpaired) electrons. The average Bonchev–Trinajstić information content (AvgIpc) is 2.37. The minimum Gasteiger partial charge on any atom is -0.480 e. The fraction of sp³-hybridized carbons (Fsp3) is 0.429. The molecule has 0 unspecified atom stereocenters. The molecule has 1 aromatic rings. The smallest absolute Gasteiger partial charge is 0.329 e. The lowest BCUT2D eigenvalue weighted by atomic mass is 10.1. The van der Waals surface area contributed by atoms with Crippen molar-refractivity contribution in [2.75, 3.05) is 31.4 Å². The van der Waals surface area contributed by atoms with Crippen LogP contribution in [0.4, 0.5) is 16.2 Å². The van der Waals surface area contributed by atoms with Crippen LogP contribution in [0.3, 0.4) is 0 Å². The predicted octanol–water partition coefficient (Wildman–Crippen LogP) is 2.08. The quantitative estimate of drug-likeness (QED) is 0.885. The largest absolute Gasteiger partial charge is 0.480 e. The van der Waals surface area contributed by atoms with Crippen LogP contribution < -0.4 is 10.2 Å². The van der Waals surface area contributed by atoms with Crippen LogP contribution in [0.2, 0.25) is 0 Å². The number of carboxylic acid groups (broad SMARTS) is 1. The van der Waals surface area contributed by atoms with E-state index in [1.54, 1.807) is 6.07 Å². The second-order valence-electron chi connectivity index (χ2n) is 5.30. The number of benzene rings is 1. The Balaban J connectivity index is 2.86. The van der Waals surface area contributed by atoms with E-state index in [2.05, 4.69) is 5.32 Å². The van der Waals surface area contributed by atoms with Gasteiger partial charge in [0.25, 0.3) is 0 Å². The van der Waals surface area contributed by atoms with Crippen molar-refractivity contribution < 1.29 is 14.7 Å². The molecular formula is C14H21N3O3. The molecule has 110 valence electrons. The Bertz CT molecular complexity index is 512. The summed E-state index contributed by atoms with van der Waals surface area (Å²) in [5.74, 6) is -1.06. The van der Waals surface area contributed by atoms with E-state index in [9.17, 15) is 9.59 Å². The summed E-state index contributed by atoms with van der Waals surface area (Å²) in [6, 6.07) is 6.85. The monoisotopic (exact) mass is 279 g/mol. The molecule has 0 saturated heterocycles. The van der Waals surface area contributed by atoms with E-state index in [1.165, 1.54) is 20.9 Å². The zero-order valence-electron chi connectivity index (χ0n) is 12.5. The molecule has 6 nitrogen and oxygen atoms in total. The van der Waals surface area contributed by atoms with Gasteiger partial charge in [-0.05, 0) is 32.0 Å². The van der Waals surface area contributed by atoms with Crippen molar-refractivity contribution in [1.29, 1.82) is 0 Å². The van der Waals surface area contributed by atoms with Crippen LogP contribution in [0, 0.1) is 0 Å². The first-order chi connectivity index (χ1) is 9.16. The van der Waals surface area contributed by atoms with E-state index in [0.717, 1.165) is 10.6 Å². The number of carboxylic acids is 1. The Kier molecular flexibility index (Phi) is 4.60. The van der Waals surface area contributed by atoms with Gasteiger partial charge in [0.15, 0.2) is 0 Å². The van der Waals surface area contributed by atoms with Crippen molar-refractivity contribution in [3.63, 3.8) is 0 Å². The second kappa shape index (κ2) is 5.81. The van der Waals surface area contributed by atoms with Crippen molar-refractivity contribution in [3.05, 3.63) is 24.3 Å². The zero-order valence-corrected chi connectivity index (χ0v) is 12.5. The summed E-state index contributed by atoms with van der Waals surface area (Å²) in [4.78, 5) is 26.3. The number of aliphatic carboxylic acids is 1. The van der Waals surface area contributed by atoms with Gasteiger partial charge in [-0.2, -0.15) is 0 Å². The molecule has 0 spiro atoms. The van der Waals surface area contributed by atoms with Gasteiger partial charge in [0.05, 0.1) is 0 Å². The van der Waals surface area contributed by atoms with E-state index >= 15 is 0 Å².